The second-order valence-corrected chi connectivity index (χ2v) is 2.67. The molecule has 0 fully saturated rings. The van der Waals surface area contributed by atoms with Crippen molar-refractivity contribution in [3.63, 3.8) is 0 Å². The van der Waals surface area contributed by atoms with Crippen molar-refractivity contribution in [2.45, 2.75) is 19.4 Å². The molecule has 1 atom stereocenters. The lowest BCUT2D eigenvalue weighted by Crippen LogP contribution is -2.43. The van der Waals surface area contributed by atoms with Gasteiger partial charge in [-0.25, -0.2) is 0 Å². The Bertz CT molecular complexity index is 98.5. The molecular weight excluding hydrogens is 154 g/mol. The summed E-state index contributed by atoms with van der Waals surface area (Å²) in [5, 5.41) is 0. The van der Waals surface area contributed by atoms with E-state index < -0.39 is 13.1 Å². The minimum absolute atomic E-state index is 0.0544. The van der Waals surface area contributed by atoms with E-state index in [0.717, 1.165) is 6.42 Å². The molecule has 6 radical (unpaired) electrons. The van der Waals surface area contributed by atoms with Crippen molar-refractivity contribution in [3.8, 4) is 0 Å². The zero-order chi connectivity index (χ0) is 8.85. The highest BCUT2D eigenvalue weighted by molar-refractivity contribution is 7.65. The van der Waals surface area contributed by atoms with Crippen LogP contribution in [0, 0.1) is 0 Å². The molecule has 1 unspecified atom stereocenters. The average molecular weight is 162 g/mol. The van der Waals surface area contributed by atoms with Crippen molar-refractivity contribution < 1.29 is 4.65 Å². The molecule has 0 aromatic rings. The van der Waals surface area contributed by atoms with Gasteiger partial charge in [-0.2, -0.15) is 0 Å². The van der Waals surface area contributed by atoms with Crippen LogP contribution in [0.5, 0.6) is 0 Å². The van der Waals surface area contributed by atoms with Gasteiger partial charge < -0.3 is 4.65 Å². The van der Waals surface area contributed by atoms with Gasteiger partial charge in [-0.1, -0.05) is 6.92 Å². The quantitative estimate of drug-likeness (QED) is 0.393. The van der Waals surface area contributed by atoms with Crippen LogP contribution >= 0.6 is 11.6 Å². The van der Waals surface area contributed by atoms with Gasteiger partial charge >= 0.3 is 0 Å². The predicted molar refractivity (Wildman–Crippen MR) is 54.7 cm³/mol. The molecule has 0 spiro atoms. The molecule has 0 saturated carbocycles. The molecule has 7 heteroatoms. The molecule has 0 aliphatic rings. The number of halogens is 1. The van der Waals surface area contributed by atoms with Gasteiger partial charge in [0.25, 0.3) is 0 Å². The third-order valence-electron chi connectivity index (χ3n) is 1.36. The third kappa shape index (κ3) is 4.92. The maximum absolute atomic E-state index is 5.55. The number of alkyl halides is 1. The van der Waals surface area contributed by atoms with E-state index in [1.54, 1.807) is 0 Å². The van der Waals surface area contributed by atoms with E-state index in [4.69, 9.17) is 39.5 Å². The fourth-order valence-electron chi connectivity index (χ4n) is 0.555. The summed E-state index contributed by atoms with van der Waals surface area (Å²) in [4.78, 5) is 0. The van der Waals surface area contributed by atoms with E-state index >= 15 is 0 Å². The van der Waals surface area contributed by atoms with Crippen LogP contribution in [0.4, 0.5) is 0 Å². The number of hydrogen-bond donors (Lipinski definition) is 0. The molecule has 52 valence electrons. The highest BCUT2D eigenvalue weighted by atomic mass is 35.5. The predicted octanol–water partition coefficient (Wildman–Crippen LogP) is -0.419. The number of hydrogen-bond acceptors (Lipinski definition) is 1. The molecule has 11 heavy (non-hydrogen) atoms. The fraction of sp³-hybridized carbons (Fsp3) is 1.00. The van der Waals surface area contributed by atoms with E-state index in [1.807, 2.05) is 6.92 Å². The highest BCUT2D eigenvalue weighted by Gasteiger charge is 2.16. The lowest BCUT2D eigenvalue weighted by Gasteiger charge is -2.20. The van der Waals surface area contributed by atoms with Crippen molar-refractivity contribution >= 4 is 47.9 Å². The van der Waals surface area contributed by atoms with Crippen LogP contribution in [0.25, 0.3) is 0 Å². The monoisotopic (exact) mass is 162 g/mol. The first-order chi connectivity index (χ1) is 5.11. The Morgan fingerprint density at radius 2 is 2.00 bits per heavy atom. The van der Waals surface area contributed by atoms with Gasteiger partial charge in [0.2, 0.25) is 0 Å². The lowest BCUT2D eigenvalue weighted by molar-refractivity contribution is 0.235. The molecule has 0 N–H and O–H groups in total. The van der Waals surface area contributed by atoms with Gasteiger partial charge in [0.05, 0.1) is 13.8 Å². The fourth-order valence-corrected chi connectivity index (χ4v) is 0.846. The summed E-state index contributed by atoms with van der Waals surface area (Å²) in [5.41, 5.74) is 0. The Labute approximate surface area is 78.3 Å². The number of rotatable bonds is 5. The molecule has 1 nitrogen and oxygen atoms in total. The standard InChI is InChI=1S/C4H8B5ClO/c1-2-4(3-10)11-9(7)8(5)6/h4H,2-3H2,1H3. The maximum atomic E-state index is 5.55. The van der Waals surface area contributed by atoms with E-state index in [2.05, 4.69) is 0 Å². The average Bonchev–Trinajstić information content (AvgIpc) is 1.99. The summed E-state index contributed by atoms with van der Waals surface area (Å²) >= 11 is 5.55. The van der Waals surface area contributed by atoms with E-state index in [1.165, 1.54) is 0 Å². The van der Waals surface area contributed by atoms with Crippen LogP contribution in [-0.4, -0.2) is 48.3 Å². The molecule has 0 saturated heterocycles. The minimum Gasteiger partial charge on any atom is -0.453 e. The van der Waals surface area contributed by atoms with Gasteiger partial charge in [0.1, 0.15) is 0 Å². The summed E-state index contributed by atoms with van der Waals surface area (Å²) in [6.07, 6.45) is 0.109. The molecule has 0 aliphatic carbocycles. The van der Waals surface area contributed by atoms with Gasteiger partial charge in [-0.05, 0) is 6.42 Å². The Hall–Kier alpha value is 0.575. The molecule has 0 aromatic carbocycles. The Morgan fingerprint density at radius 3 is 2.27 bits per heavy atom. The minimum atomic E-state index is -0.646. The summed E-state index contributed by atoms with van der Waals surface area (Å²) in [6, 6.07) is 0. The van der Waals surface area contributed by atoms with Crippen molar-refractivity contribution in [1.29, 1.82) is 0 Å². The van der Waals surface area contributed by atoms with Crippen LogP contribution in [-0.2, 0) is 4.65 Å². The van der Waals surface area contributed by atoms with Crippen LogP contribution in [0.2, 0.25) is 0 Å². The van der Waals surface area contributed by atoms with Gasteiger partial charge in [-0.3, -0.25) is 0 Å². The summed E-state index contributed by atoms with van der Waals surface area (Å²) in [7, 11) is 16.0. The normalized spacial score (nSPS) is 12.5. The molecule has 0 aromatic heterocycles. The Balaban J connectivity index is 3.62. The molecular formula is C4H8B5ClO. The first kappa shape index (κ1) is 11.6. The summed E-state index contributed by atoms with van der Waals surface area (Å²) in [6.45, 7) is 1.33. The second kappa shape index (κ2) is 6.13. The first-order valence-corrected chi connectivity index (χ1v) is 4.13. The Kier molecular flexibility index (Phi) is 6.45. The van der Waals surface area contributed by atoms with E-state index in [9.17, 15) is 0 Å². The lowest BCUT2D eigenvalue weighted by atomic mass is 8.93. The molecule has 0 aliphatic heterocycles. The van der Waals surface area contributed by atoms with E-state index in [-0.39, 0.29) is 6.10 Å². The molecule has 0 rings (SSSR count). The van der Waals surface area contributed by atoms with Gasteiger partial charge in [0.15, 0.2) is 6.70 Å². The van der Waals surface area contributed by atoms with Crippen LogP contribution in [0.3, 0.4) is 0 Å². The van der Waals surface area contributed by atoms with E-state index in [0.29, 0.717) is 5.88 Å². The SMILES string of the molecule is [B]B([B])B([B])OC(CC)CCl. The van der Waals surface area contributed by atoms with Crippen LogP contribution in [0.15, 0.2) is 0 Å². The van der Waals surface area contributed by atoms with Crippen molar-refractivity contribution in [3.05, 3.63) is 0 Å². The van der Waals surface area contributed by atoms with Gasteiger partial charge in [-0.15, -0.1) is 11.6 Å². The van der Waals surface area contributed by atoms with Crippen molar-refractivity contribution in [2.75, 3.05) is 5.88 Å². The topological polar surface area (TPSA) is 9.23 Å². The molecule has 0 heterocycles. The summed E-state index contributed by atoms with van der Waals surface area (Å²) in [5.74, 6) is 0.414. The third-order valence-corrected chi connectivity index (χ3v) is 1.70. The molecule has 0 amide bonds. The van der Waals surface area contributed by atoms with Crippen LogP contribution in [0.1, 0.15) is 13.3 Å². The smallest absolute Gasteiger partial charge is 0.186 e. The largest absolute Gasteiger partial charge is 0.453 e. The van der Waals surface area contributed by atoms with Crippen LogP contribution < -0.4 is 0 Å². The first-order valence-electron chi connectivity index (χ1n) is 3.60. The van der Waals surface area contributed by atoms with Crippen molar-refractivity contribution in [2.24, 2.45) is 0 Å². The van der Waals surface area contributed by atoms with Crippen molar-refractivity contribution in [1.82, 2.24) is 0 Å². The zero-order valence-electron chi connectivity index (χ0n) is 6.66. The zero-order valence-corrected chi connectivity index (χ0v) is 7.42. The molecule has 0 bridgehead atoms. The Morgan fingerprint density at radius 1 is 1.45 bits per heavy atom. The highest BCUT2D eigenvalue weighted by Crippen LogP contribution is 2.01. The maximum Gasteiger partial charge on any atom is 0.186 e. The van der Waals surface area contributed by atoms with Gasteiger partial charge in [0, 0.05) is 27.7 Å². The summed E-state index contributed by atoms with van der Waals surface area (Å²) < 4.78 is 5.21. The second-order valence-electron chi connectivity index (χ2n) is 2.36.